The molecule has 4 aliphatic carbocycles. The van der Waals surface area contributed by atoms with Gasteiger partial charge in [-0.15, -0.1) is 0 Å². The molecule has 4 nitrogen and oxygen atoms in total. The third-order valence-electron chi connectivity index (χ3n) is 10.8. The summed E-state index contributed by atoms with van der Waals surface area (Å²) in [6, 6.07) is 13.6. The Morgan fingerprint density at radius 3 is 2.46 bits per heavy atom. The van der Waals surface area contributed by atoms with Crippen LogP contribution in [0.25, 0.3) is 6.08 Å². The Labute approximate surface area is 263 Å². The SMILES string of the molecule is C[C@]12C[C@H](c3ccc(C#C/C=C\c4cccc(C(=O)O)c4)cc3)C3=C4CCC(=O)C=C4CC[C@H]3[C@@H]1CC[C@@]2(O)C(F)(F)C(F)(F)F. The Morgan fingerprint density at radius 2 is 1.76 bits per heavy atom. The summed E-state index contributed by atoms with van der Waals surface area (Å²) in [6.45, 7) is 1.41. The van der Waals surface area contributed by atoms with Gasteiger partial charge in [0.05, 0.1) is 5.56 Å². The number of benzene rings is 2. The van der Waals surface area contributed by atoms with Crippen molar-refractivity contribution in [3.63, 3.8) is 0 Å². The zero-order valence-corrected chi connectivity index (χ0v) is 25.1. The number of carbonyl (C=O) groups is 2. The van der Waals surface area contributed by atoms with E-state index in [-0.39, 0.29) is 30.1 Å². The molecule has 0 aliphatic heterocycles. The molecule has 46 heavy (non-hydrogen) atoms. The highest BCUT2D eigenvalue weighted by Gasteiger charge is 2.79. The summed E-state index contributed by atoms with van der Waals surface area (Å²) in [4.78, 5) is 23.5. The Hall–Kier alpha value is -4.03. The molecule has 6 rings (SSSR count). The lowest BCUT2D eigenvalue weighted by atomic mass is 9.50. The first-order valence-corrected chi connectivity index (χ1v) is 15.4. The fraction of sp³-hybridized carbons (Fsp3) is 0.405. The van der Waals surface area contributed by atoms with Crippen LogP contribution in [-0.2, 0) is 4.79 Å². The first-order valence-electron chi connectivity index (χ1n) is 15.4. The summed E-state index contributed by atoms with van der Waals surface area (Å²) in [7, 11) is 0. The predicted molar refractivity (Wildman–Crippen MR) is 162 cm³/mol. The van der Waals surface area contributed by atoms with Gasteiger partial charge >= 0.3 is 18.1 Å². The summed E-state index contributed by atoms with van der Waals surface area (Å²) in [5.74, 6) is -1.73. The highest BCUT2D eigenvalue weighted by molar-refractivity contribution is 5.93. The molecule has 2 aromatic carbocycles. The summed E-state index contributed by atoms with van der Waals surface area (Å²) < 4.78 is 71.7. The number of fused-ring (bicyclic) bond motifs is 4. The van der Waals surface area contributed by atoms with Gasteiger partial charge in [-0.05, 0) is 115 Å². The van der Waals surface area contributed by atoms with E-state index in [9.17, 15) is 27.9 Å². The zero-order chi connectivity index (χ0) is 33.1. The maximum absolute atomic E-state index is 15.2. The van der Waals surface area contributed by atoms with Crippen molar-refractivity contribution in [1.29, 1.82) is 0 Å². The number of alkyl halides is 5. The van der Waals surface area contributed by atoms with Crippen LogP contribution in [0.2, 0.25) is 0 Å². The van der Waals surface area contributed by atoms with Crippen LogP contribution < -0.4 is 0 Å². The van der Waals surface area contributed by atoms with E-state index >= 15 is 8.78 Å². The first-order chi connectivity index (χ1) is 21.7. The van der Waals surface area contributed by atoms with Crippen molar-refractivity contribution >= 4 is 17.8 Å². The molecule has 4 aliphatic rings. The molecule has 0 heterocycles. The average molecular weight is 637 g/mol. The van der Waals surface area contributed by atoms with Crippen LogP contribution in [0.5, 0.6) is 0 Å². The molecule has 9 heteroatoms. The minimum Gasteiger partial charge on any atom is -0.478 e. The molecule has 5 atom stereocenters. The second-order valence-corrected chi connectivity index (χ2v) is 13.1. The van der Waals surface area contributed by atoms with Gasteiger partial charge in [0, 0.05) is 23.3 Å². The molecule has 2 N–H and O–H groups in total. The third-order valence-corrected chi connectivity index (χ3v) is 10.8. The summed E-state index contributed by atoms with van der Waals surface area (Å²) in [6.07, 6.45) is 0.267. The number of hydrogen-bond acceptors (Lipinski definition) is 3. The van der Waals surface area contributed by atoms with Crippen LogP contribution in [0.1, 0.15) is 84.8 Å². The van der Waals surface area contributed by atoms with Crippen LogP contribution in [0, 0.1) is 29.1 Å². The minimum atomic E-state index is -5.89. The van der Waals surface area contributed by atoms with Crippen molar-refractivity contribution in [1.82, 2.24) is 0 Å². The van der Waals surface area contributed by atoms with Crippen molar-refractivity contribution in [3.05, 3.63) is 99.7 Å². The van der Waals surface area contributed by atoms with Crippen molar-refractivity contribution in [2.45, 2.75) is 75.5 Å². The van der Waals surface area contributed by atoms with Gasteiger partial charge in [0.15, 0.2) is 5.78 Å². The lowest BCUT2D eigenvalue weighted by Crippen LogP contribution is -2.65. The lowest BCUT2D eigenvalue weighted by molar-refractivity contribution is -0.362. The molecule has 0 amide bonds. The van der Waals surface area contributed by atoms with E-state index in [4.69, 9.17) is 5.11 Å². The van der Waals surface area contributed by atoms with Gasteiger partial charge in [-0.3, -0.25) is 4.79 Å². The number of carboxylic acids is 1. The van der Waals surface area contributed by atoms with Crippen LogP contribution >= 0.6 is 0 Å². The van der Waals surface area contributed by atoms with Gasteiger partial charge in [0.1, 0.15) is 5.60 Å². The van der Waals surface area contributed by atoms with E-state index in [0.29, 0.717) is 36.8 Å². The molecule has 0 saturated heterocycles. The predicted octanol–water partition coefficient (Wildman–Crippen LogP) is 8.28. The van der Waals surface area contributed by atoms with Crippen molar-refractivity contribution in [2.75, 3.05) is 0 Å². The number of carboxylic acid groups (broad SMARTS) is 1. The molecule has 0 unspecified atom stereocenters. The fourth-order valence-electron chi connectivity index (χ4n) is 8.55. The second-order valence-electron chi connectivity index (χ2n) is 13.1. The van der Waals surface area contributed by atoms with Crippen molar-refractivity contribution < 1.29 is 41.8 Å². The number of halogens is 5. The van der Waals surface area contributed by atoms with Gasteiger partial charge in [0.25, 0.3) is 0 Å². The lowest BCUT2D eigenvalue weighted by Gasteiger charge is -2.56. The Morgan fingerprint density at radius 1 is 1.02 bits per heavy atom. The Bertz CT molecular complexity index is 1740. The number of hydrogen-bond donors (Lipinski definition) is 2. The van der Waals surface area contributed by atoms with Gasteiger partial charge in [0.2, 0.25) is 0 Å². The molecule has 0 radical (unpaired) electrons. The highest BCUT2D eigenvalue weighted by atomic mass is 19.4. The largest absolute Gasteiger partial charge is 0.478 e. The van der Waals surface area contributed by atoms with Gasteiger partial charge < -0.3 is 10.2 Å². The second kappa shape index (κ2) is 11.3. The Kier molecular flexibility index (Phi) is 7.87. The average Bonchev–Trinajstić information content (AvgIpc) is 3.30. The van der Waals surface area contributed by atoms with Crippen LogP contribution in [0.3, 0.4) is 0 Å². The van der Waals surface area contributed by atoms with E-state index in [1.807, 2.05) is 12.1 Å². The van der Waals surface area contributed by atoms with E-state index in [0.717, 1.165) is 22.3 Å². The number of aromatic carboxylic acids is 1. The van der Waals surface area contributed by atoms with Crippen LogP contribution in [0.4, 0.5) is 22.0 Å². The molecular weight excluding hydrogens is 603 g/mol. The van der Waals surface area contributed by atoms with E-state index < -0.39 is 47.3 Å². The summed E-state index contributed by atoms with van der Waals surface area (Å²) in [5.41, 5.74) is 0.205. The van der Waals surface area contributed by atoms with Crippen molar-refractivity contribution in [2.24, 2.45) is 17.3 Å². The number of allylic oxidation sites excluding steroid dienone is 5. The normalized spacial score (nSPS) is 29.4. The van der Waals surface area contributed by atoms with E-state index in [1.165, 1.54) is 19.1 Å². The summed E-state index contributed by atoms with van der Waals surface area (Å²) >= 11 is 0. The fourth-order valence-corrected chi connectivity index (χ4v) is 8.55. The highest BCUT2D eigenvalue weighted by Crippen LogP contribution is 2.70. The van der Waals surface area contributed by atoms with Gasteiger partial charge in [-0.25, -0.2) is 4.79 Å². The number of ketones is 1. The monoisotopic (exact) mass is 636 g/mol. The topological polar surface area (TPSA) is 74.6 Å². The zero-order valence-electron chi connectivity index (χ0n) is 25.1. The molecule has 0 bridgehead atoms. The van der Waals surface area contributed by atoms with E-state index in [1.54, 1.807) is 42.5 Å². The molecule has 240 valence electrons. The molecule has 0 spiro atoms. The number of aliphatic hydroxyl groups is 1. The molecule has 2 saturated carbocycles. The van der Waals surface area contributed by atoms with Crippen LogP contribution in [0.15, 0.2) is 77.4 Å². The minimum absolute atomic E-state index is 0.0293. The van der Waals surface area contributed by atoms with E-state index in [2.05, 4.69) is 11.8 Å². The standard InChI is InChI=1S/C37H33F5O4/c1-34-21-30(24-11-9-22(10-12-24)5-2-3-6-23-7-4-8-26(19-23)33(44)45)32-28-16-14-27(43)20-25(28)13-15-29(32)31(34)17-18-35(34,46)36(38,39)37(40,41)42/h3-4,6-12,19-20,29-31,46H,13-18,21H2,1H3,(H,44,45)/b6-3-/t29-,30+,31-,34-,35-/m0/s1. The number of rotatable bonds is 4. The molecule has 2 aromatic rings. The Balaban J connectivity index is 1.36. The molecule has 2 fully saturated rings. The summed E-state index contributed by atoms with van der Waals surface area (Å²) in [5, 5.41) is 20.6. The first kappa shape index (κ1) is 31.9. The number of carbonyl (C=O) groups excluding carboxylic acids is 1. The van der Waals surface area contributed by atoms with Crippen molar-refractivity contribution in [3.8, 4) is 11.8 Å². The smallest absolute Gasteiger partial charge is 0.456 e. The van der Waals surface area contributed by atoms with Gasteiger partial charge in [-0.2, -0.15) is 22.0 Å². The van der Waals surface area contributed by atoms with Crippen LogP contribution in [-0.4, -0.2) is 39.7 Å². The maximum Gasteiger partial charge on any atom is 0.456 e. The van der Waals surface area contributed by atoms with Gasteiger partial charge in [-0.1, -0.05) is 48.6 Å². The molecule has 0 aromatic heterocycles. The third kappa shape index (κ3) is 5.11. The quantitative estimate of drug-likeness (QED) is 0.262. The maximum atomic E-state index is 15.2. The molecular formula is C37H33F5O4.